The van der Waals surface area contributed by atoms with Gasteiger partial charge in [-0.25, -0.2) is 0 Å². The highest BCUT2D eigenvalue weighted by Crippen LogP contribution is 2.40. The smallest absolute Gasteiger partial charge is 0.166 e. The topological polar surface area (TPSA) is 33.3 Å². The van der Waals surface area contributed by atoms with Gasteiger partial charge in [-0.3, -0.25) is 0 Å². The molecule has 0 spiro atoms. The molecule has 0 aromatic rings. The maximum absolute atomic E-state index is 5.30. The van der Waals surface area contributed by atoms with Crippen molar-refractivity contribution in [2.45, 2.75) is 52.4 Å². The van der Waals surface area contributed by atoms with Crippen molar-refractivity contribution < 1.29 is 4.74 Å². The maximum atomic E-state index is 5.30. The molecule has 1 aliphatic carbocycles. The molecule has 1 saturated carbocycles. The van der Waals surface area contributed by atoms with Crippen molar-refractivity contribution in [3.8, 4) is 0 Å². The molecular weight excluding hydrogens is 244 g/mol. The SMILES string of the molecule is CCOCCCNC(=S)NCC1(CC)CCCC1. The van der Waals surface area contributed by atoms with Gasteiger partial charge in [0.2, 0.25) is 0 Å². The van der Waals surface area contributed by atoms with Crippen molar-refractivity contribution in [2.24, 2.45) is 5.41 Å². The molecule has 2 N–H and O–H groups in total. The molecule has 1 fully saturated rings. The number of hydrogen-bond donors (Lipinski definition) is 2. The van der Waals surface area contributed by atoms with E-state index in [2.05, 4.69) is 17.6 Å². The van der Waals surface area contributed by atoms with Crippen LogP contribution in [0, 0.1) is 5.41 Å². The van der Waals surface area contributed by atoms with E-state index in [1.807, 2.05) is 6.92 Å². The van der Waals surface area contributed by atoms with Crippen LogP contribution in [0.25, 0.3) is 0 Å². The van der Waals surface area contributed by atoms with E-state index in [9.17, 15) is 0 Å². The highest BCUT2D eigenvalue weighted by Gasteiger charge is 2.31. The molecular formula is C14H28N2OS. The first-order valence-electron chi connectivity index (χ1n) is 7.32. The molecule has 3 nitrogen and oxygen atoms in total. The Balaban J connectivity index is 2.09. The van der Waals surface area contributed by atoms with Gasteiger partial charge in [0.1, 0.15) is 0 Å². The summed E-state index contributed by atoms with van der Waals surface area (Å²) in [6.07, 6.45) is 7.72. The van der Waals surface area contributed by atoms with Crippen molar-refractivity contribution in [3.63, 3.8) is 0 Å². The Kier molecular flexibility index (Phi) is 7.59. The molecule has 4 heteroatoms. The van der Waals surface area contributed by atoms with Crippen molar-refractivity contribution in [3.05, 3.63) is 0 Å². The Morgan fingerprint density at radius 1 is 1.22 bits per heavy atom. The molecule has 0 amide bonds. The van der Waals surface area contributed by atoms with E-state index >= 15 is 0 Å². The van der Waals surface area contributed by atoms with Gasteiger partial charge in [-0.05, 0) is 50.2 Å². The van der Waals surface area contributed by atoms with Crippen molar-refractivity contribution in [2.75, 3.05) is 26.3 Å². The summed E-state index contributed by atoms with van der Waals surface area (Å²) in [7, 11) is 0. The van der Waals surface area contributed by atoms with E-state index < -0.39 is 0 Å². The second-order valence-electron chi connectivity index (χ2n) is 5.22. The lowest BCUT2D eigenvalue weighted by molar-refractivity contribution is 0.145. The lowest BCUT2D eigenvalue weighted by Crippen LogP contribution is -2.41. The number of ether oxygens (including phenoxy) is 1. The number of hydrogen-bond acceptors (Lipinski definition) is 2. The van der Waals surface area contributed by atoms with Crippen LogP contribution >= 0.6 is 12.2 Å². The van der Waals surface area contributed by atoms with E-state index in [0.29, 0.717) is 5.41 Å². The van der Waals surface area contributed by atoms with Crippen molar-refractivity contribution in [1.29, 1.82) is 0 Å². The lowest BCUT2D eigenvalue weighted by Gasteiger charge is -2.28. The summed E-state index contributed by atoms with van der Waals surface area (Å²) in [4.78, 5) is 0. The van der Waals surface area contributed by atoms with Gasteiger partial charge in [0, 0.05) is 26.3 Å². The molecule has 1 aliphatic rings. The summed E-state index contributed by atoms with van der Waals surface area (Å²) in [6.45, 7) is 7.84. The van der Waals surface area contributed by atoms with Crippen LogP contribution < -0.4 is 10.6 Å². The first-order valence-corrected chi connectivity index (χ1v) is 7.73. The van der Waals surface area contributed by atoms with E-state index in [1.165, 1.54) is 32.1 Å². The summed E-state index contributed by atoms with van der Waals surface area (Å²) in [5.41, 5.74) is 0.497. The summed E-state index contributed by atoms with van der Waals surface area (Å²) in [5, 5.41) is 7.43. The zero-order chi connectivity index (χ0) is 13.3. The fraction of sp³-hybridized carbons (Fsp3) is 0.929. The Morgan fingerprint density at radius 3 is 2.56 bits per heavy atom. The number of nitrogens with one attached hydrogen (secondary N) is 2. The van der Waals surface area contributed by atoms with Gasteiger partial charge in [-0.15, -0.1) is 0 Å². The van der Waals surface area contributed by atoms with Crippen molar-refractivity contribution in [1.82, 2.24) is 10.6 Å². The van der Waals surface area contributed by atoms with Gasteiger partial charge in [0.05, 0.1) is 0 Å². The lowest BCUT2D eigenvalue weighted by atomic mass is 9.83. The molecule has 0 aromatic carbocycles. The monoisotopic (exact) mass is 272 g/mol. The molecule has 1 rings (SSSR count). The van der Waals surface area contributed by atoms with Gasteiger partial charge in [-0.2, -0.15) is 0 Å². The van der Waals surface area contributed by atoms with Crippen molar-refractivity contribution >= 4 is 17.3 Å². The molecule has 18 heavy (non-hydrogen) atoms. The summed E-state index contributed by atoms with van der Waals surface area (Å²) >= 11 is 5.30. The van der Waals surface area contributed by atoms with Gasteiger partial charge in [0.25, 0.3) is 0 Å². The molecule has 0 radical (unpaired) electrons. The second-order valence-corrected chi connectivity index (χ2v) is 5.63. The third-order valence-electron chi connectivity index (χ3n) is 3.99. The predicted octanol–water partition coefficient (Wildman–Crippen LogP) is 2.85. The van der Waals surface area contributed by atoms with Crippen LogP contribution in [0.15, 0.2) is 0 Å². The zero-order valence-corrected chi connectivity index (χ0v) is 12.7. The van der Waals surface area contributed by atoms with Crippen LogP contribution in [0.2, 0.25) is 0 Å². The van der Waals surface area contributed by atoms with E-state index in [0.717, 1.165) is 37.8 Å². The van der Waals surface area contributed by atoms with Gasteiger partial charge in [-0.1, -0.05) is 19.8 Å². The van der Waals surface area contributed by atoms with E-state index in [4.69, 9.17) is 17.0 Å². The Bertz CT molecular complexity index is 240. The van der Waals surface area contributed by atoms with E-state index in [1.54, 1.807) is 0 Å². The highest BCUT2D eigenvalue weighted by atomic mass is 32.1. The first kappa shape index (κ1) is 15.7. The van der Waals surface area contributed by atoms with Crippen LogP contribution in [0.5, 0.6) is 0 Å². The minimum atomic E-state index is 0.497. The summed E-state index contributed by atoms with van der Waals surface area (Å²) in [6, 6.07) is 0. The molecule has 0 heterocycles. The molecule has 0 bridgehead atoms. The normalized spacial score (nSPS) is 17.7. The molecule has 0 atom stereocenters. The minimum Gasteiger partial charge on any atom is -0.382 e. The molecule has 106 valence electrons. The fourth-order valence-electron chi connectivity index (χ4n) is 2.63. The average Bonchev–Trinajstić information content (AvgIpc) is 2.86. The number of thiocarbonyl (C=S) groups is 1. The quantitative estimate of drug-likeness (QED) is 0.526. The Morgan fingerprint density at radius 2 is 1.94 bits per heavy atom. The van der Waals surface area contributed by atoms with Crippen LogP contribution in [-0.4, -0.2) is 31.4 Å². The Hall–Kier alpha value is -0.350. The third-order valence-corrected chi connectivity index (χ3v) is 4.28. The molecule has 0 aliphatic heterocycles. The van der Waals surface area contributed by atoms with Crippen LogP contribution in [0.3, 0.4) is 0 Å². The van der Waals surface area contributed by atoms with Gasteiger partial charge < -0.3 is 15.4 Å². The fourth-order valence-corrected chi connectivity index (χ4v) is 2.81. The predicted molar refractivity (Wildman–Crippen MR) is 80.9 cm³/mol. The maximum Gasteiger partial charge on any atom is 0.166 e. The van der Waals surface area contributed by atoms with Crippen LogP contribution in [0.1, 0.15) is 52.4 Å². The molecule has 0 unspecified atom stereocenters. The second kappa shape index (κ2) is 8.70. The molecule has 0 saturated heterocycles. The van der Waals surface area contributed by atoms with Gasteiger partial charge in [0.15, 0.2) is 5.11 Å². The summed E-state index contributed by atoms with van der Waals surface area (Å²) < 4.78 is 5.29. The largest absolute Gasteiger partial charge is 0.382 e. The zero-order valence-electron chi connectivity index (χ0n) is 11.9. The first-order chi connectivity index (χ1) is 8.72. The number of rotatable bonds is 8. The Labute approximate surface area is 117 Å². The third kappa shape index (κ3) is 5.53. The summed E-state index contributed by atoms with van der Waals surface area (Å²) in [5.74, 6) is 0. The van der Waals surface area contributed by atoms with Crippen LogP contribution in [0.4, 0.5) is 0 Å². The average molecular weight is 272 g/mol. The minimum absolute atomic E-state index is 0.497. The molecule has 0 aromatic heterocycles. The van der Waals surface area contributed by atoms with E-state index in [-0.39, 0.29) is 0 Å². The van der Waals surface area contributed by atoms with Crippen LogP contribution in [-0.2, 0) is 4.74 Å². The highest BCUT2D eigenvalue weighted by molar-refractivity contribution is 7.80. The standard InChI is InChI=1S/C14H28N2OS/c1-3-14(8-5-6-9-14)12-16-13(18)15-10-7-11-17-4-2/h3-12H2,1-2H3,(H2,15,16,18). The van der Waals surface area contributed by atoms with Gasteiger partial charge >= 0.3 is 0 Å².